The fourth-order valence-corrected chi connectivity index (χ4v) is 3.59. The highest BCUT2D eigenvalue weighted by Gasteiger charge is 2.21. The zero-order valence-electron chi connectivity index (χ0n) is 18.1. The molecule has 4 rings (SSSR count). The first-order valence-electron chi connectivity index (χ1n) is 10.7. The van der Waals surface area contributed by atoms with E-state index in [1.54, 1.807) is 24.3 Å². The molecule has 32 heavy (non-hydrogen) atoms. The van der Waals surface area contributed by atoms with Gasteiger partial charge in [-0.15, -0.1) is 0 Å². The highest BCUT2D eigenvalue weighted by molar-refractivity contribution is 5.94. The van der Waals surface area contributed by atoms with Crippen LogP contribution in [0.2, 0.25) is 0 Å². The summed E-state index contributed by atoms with van der Waals surface area (Å²) in [6.07, 6.45) is 1.82. The fraction of sp³-hybridized carbons (Fsp3) is 0.240. The van der Waals surface area contributed by atoms with Gasteiger partial charge in [-0.25, -0.2) is 14.8 Å². The van der Waals surface area contributed by atoms with E-state index in [0.29, 0.717) is 6.54 Å². The summed E-state index contributed by atoms with van der Waals surface area (Å²) < 4.78 is 0. The van der Waals surface area contributed by atoms with Crippen molar-refractivity contribution in [1.82, 2.24) is 9.88 Å². The van der Waals surface area contributed by atoms with Crippen LogP contribution in [0.3, 0.4) is 0 Å². The van der Waals surface area contributed by atoms with Crippen LogP contribution < -0.4 is 10.2 Å². The van der Waals surface area contributed by atoms with Crippen LogP contribution in [0, 0.1) is 6.92 Å². The molecule has 1 aliphatic rings. The molecule has 164 valence electrons. The summed E-state index contributed by atoms with van der Waals surface area (Å²) in [6.45, 7) is 5.95. The number of piperazine rings is 1. The summed E-state index contributed by atoms with van der Waals surface area (Å²) >= 11 is 0. The quantitative estimate of drug-likeness (QED) is 0.473. The van der Waals surface area contributed by atoms with Crippen molar-refractivity contribution in [1.29, 1.82) is 0 Å². The van der Waals surface area contributed by atoms with Gasteiger partial charge in [0.2, 0.25) is 0 Å². The van der Waals surface area contributed by atoms with Gasteiger partial charge in [0.1, 0.15) is 5.82 Å². The maximum atomic E-state index is 11.2. The molecule has 0 aliphatic carbocycles. The lowest BCUT2D eigenvalue weighted by Gasteiger charge is -2.37. The molecule has 1 saturated heterocycles. The van der Waals surface area contributed by atoms with Crippen LogP contribution in [0.1, 0.15) is 21.5 Å². The summed E-state index contributed by atoms with van der Waals surface area (Å²) in [7, 11) is 0. The summed E-state index contributed by atoms with van der Waals surface area (Å²) in [6, 6.07) is 21.1. The predicted octanol–water partition coefficient (Wildman–Crippen LogP) is 3.88. The normalized spacial score (nSPS) is 14.3. The van der Waals surface area contributed by atoms with Crippen molar-refractivity contribution in [3.63, 3.8) is 0 Å². The third-order valence-corrected chi connectivity index (χ3v) is 5.47. The zero-order valence-corrected chi connectivity index (χ0v) is 18.1. The fourth-order valence-electron chi connectivity index (χ4n) is 3.59. The molecule has 3 aromatic rings. The van der Waals surface area contributed by atoms with E-state index in [-0.39, 0.29) is 5.56 Å². The summed E-state index contributed by atoms with van der Waals surface area (Å²) in [5, 5.41) is 12.5. The van der Waals surface area contributed by atoms with Crippen LogP contribution >= 0.6 is 0 Å². The maximum absolute atomic E-state index is 11.2. The first-order valence-corrected chi connectivity index (χ1v) is 10.7. The zero-order chi connectivity index (χ0) is 22.3. The molecule has 0 unspecified atom stereocenters. The molecule has 2 aromatic carbocycles. The number of guanidine groups is 1. The Bertz CT molecular complexity index is 1060. The number of carbonyl (C=O) groups is 1. The lowest BCUT2D eigenvalue weighted by atomic mass is 10.1. The average molecular weight is 430 g/mol. The van der Waals surface area contributed by atoms with Crippen molar-refractivity contribution in [2.75, 3.05) is 36.4 Å². The van der Waals surface area contributed by atoms with Crippen molar-refractivity contribution < 1.29 is 9.90 Å². The van der Waals surface area contributed by atoms with Crippen molar-refractivity contribution in [3.8, 4) is 0 Å². The highest BCUT2D eigenvalue weighted by Crippen LogP contribution is 2.16. The molecule has 0 saturated carbocycles. The average Bonchev–Trinajstić information content (AvgIpc) is 2.84. The van der Waals surface area contributed by atoms with Crippen molar-refractivity contribution in [2.45, 2.75) is 13.5 Å². The lowest BCUT2D eigenvalue weighted by molar-refractivity contribution is 0.0697. The number of hydrogen-bond acceptors (Lipinski definition) is 4. The second kappa shape index (κ2) is 9.96. The van der Waals surface area contributed by atoms with E-state index < -0.39 is 5.97 Å². The summed E-state index contributed by atoms with van der Waals surface area (Å²) in [5.74, 6) is 0.840. The molecule has 2 heterocycles. The molecular weight excluding hydrogens is 402 g/mol. The van der Waals surface area contributed by atoms with Gasteiger partial charge in [0.05, 0.1) is 12.1 Å². The number of carboxylic acid groups (broad SMARTS) is 1. The van der Waals surface area contributed by atoms with Gasteiger partial charge in [-0.1, -0.05) is 35.9 Å². The smallest absolute Gasteiger partial charge is 0.335 e. The van der Waals surface area contributed by atoms with E-state index in [1.165, 1.54) is 5.56 Å². The Morgan fingerprint density at radius 1 is 1.00 bits per heavy atom. The number of rotatable bonds is 5. The number of benzene rings is 2. The Labute approximate surface area is 188 Å². The second-order valence-corrected chi connectivity index (χ2v) is 7.79. The Balaban J connectivity index is 1.49. The standard InChI is InChI=1S/C25H27N5O2/c1-19-5-7-20(8-6-19)18-27-25(28-22-11-9-21(10-12-22)24(31)32)30-16-14-29(15-17-30)23-4-2-3-13-26-23/h2-13H,14-18H2,1H3,(H,27,28)(H,31,32). The number of pyridine rings is 1. The molecule has 7 nitrogen and oxygen atoms in total. The van der Waals surface area contributed by atoms with Gasteiger partial charge in [-0.05, 0) is 48.9 Å². The lowest BCUT2D eigenvalue weighted by Crippen LogP contribution is -2.51. The highest BCUT2D eigenvalue weighted by atomic mass is 16.4. The molecule has 0 atom stereocenters. The van der Waals surface area contributed by atoms with E-state index in [2.05, 4.69) is 51.3 Å². The number of carboxylic acids is 1. The minimum atomic E-state index is -0.935. The number of aliphatic imine (C=N–C) groups is 1. The van der Waals surface area contributed by atoms with Crippen LogP contribution in [-0.2, 0) is 6.54 Å². The molecule has 2 N–H and O–H groups in total. The molecule has 1 aliphatic heterocycles. The van der Waals surface area contributed by atoms with Crippen LogP contribution in [0.25, 0.3) is 0 Å². The first kappa shape index (κ1) is 21.4. The predicted molar refractivity (Wildman–Crippen MR) is 127 cm³/mol. The minimum Gasteiger partial charge on any atom is -0.478 e. The third kappa shape index (κ3) is 5.43. The number of aromatic carboxylic acids is 1. The summed E-state index contributed by atoms with van der Waals surface area (Å²) in [4.78, 5) is 25.0. The number of aromatic nitrogens is 1. The van der Waals surface area contributed by atoms with Gasteiger partial charge in [-0.2, -0.15) is 0 Å². The Morgan fingerprint density at radius 2 is 1.72 bits per heavy atom. The van der Waals surface area contributed by atoms with Crippen molar-refractivity contribution in [3.05, 3.63) is 89.6 Å². The van der Waals surface area contributed by atoms with Gasteiger partial charge in [-0.3, -0.25) is 0 Å². The van der Waals surface area contributed by atoms with E-state index in [1.807, 2.05) is 24.4 Å². The Kier molecular flexibility index (Phi) is 6.65. The molecule has 1 fully saturated rings. The van der Waals surface area contributed by atoms with Gasteiger partial charge < -0.3 is 20.2 Å². The van der Waals surface area contributed by atoms with Gasteiger partial charge in [0.15, 0.2) is 5.96 Å². The second-order valence-electron chi connectivity index (χ2n) is 7.79. The van der Waals surface area contributed by atoms with Crippen molar-refractivity contribution >= 4 is 23.4 Å². The van der Waals surface area contributed by atoms with E-state index in [0.717, 1.165) is 49.2 Å². The van der Waals surface area contributed by atoms with Crippen LogP contribution in [0.15, 0.2) is 77.9 Å². The SMILES string of the molecule is Cc1ccc(CN=C(Nc2ccc(C(=O)O)cc2)N2CCN(c3ccccn3)CC2)cc1. The van der Waals surface area contributed by atoms with Gasteiger partial charge in [0, 0.05) is 38.1 Å². The topological polar surface area (TPSA) is 81.1 Å². The molecular formula is C25H27N5O2. The third-order valence-electron chi connectivity index (χ3n) is 5.47. The van der Waals surface area contributed by atoms with Crippen LogP contribution in [0.5, 0.6) is 0 Å². The largest absolute Gasteiger partial charge is 0.478 e. The van der Waals surface area contributed by atoms with Gasteiger partial charge in [0.25, 0.3) is 0 Å². The Morgan fingerprint density at radius 3 is 2.34 bits per heavy atom. The van der Waals surface area contributed by atoms with E-state index >= 15 is 0 Å². The van der Waals surface area contributed by atoms with Crippen molar-refractivity contribution in [2.24, 2.45) is 4.99 Å². The van der Waals surface area contributed by atoms with Crippen LogP contribution in [-0.4, -0.2) is 53.1 Å². The van der Waals surface area contributed by atoms with E-state index in [9.17, 15) is 4.79 Å². The number of anilines is 2. The molecule has 7 heteroatoms. The molecule has 0 spiro atoms. The number of hydrogen-bond donors (Lipinski definition) is 2. The van der Waals surface area contributed by atoms with Crippen LogP contribution in [0.4, 0.5) is 11.5 Å². The number of nitrogens with zero attached hydrogens (tertiary/aromatic N) is 4. The van der Waals surface area contributed by atoms with E-state index in [4.69, 9.17) is 10.1 Å². The summed E-state index contributed by atoms with van der Waals surface area (Å²) in [5.41, 5.74) is 3.44. The monoisotopic (exact) mass is 429 g/mol. The number of aryl methyl sites for hydroxylation is 1. The molecule has 0 amide bonds. The molecule has 0 radical (unpaired) electrons. The first-order chi connectivity index (χ1) is 15.6. The molecule has 0 bridgehead atoms. The minimum absolute atomic E-state index is 0.262. The van der Waals surface area contributed by atoms with Gasteiger partial charge >= 0.3 is 5.97 Å². The Hall–Kier alpha value is -3.87. The number of nitrogens with one attached hydrogen (secondary N) is 1. The maximum Gasteiger partial charge on any atom is 0.335 e. The molecule has 1 aromatic heterocycles.